The van der Waals surface area contributed by atoms with Gasteiger partial charge in [-0.25, -0.2) is 0 Å². The molecule has 0 aromatic heterocycles. The molecule has 0 amide bonds. The van der Waals surface area contributed by atoms with E-state index < -0.39 is 0 Å². The highest BCUT2D eigenvalue weighted by Gasteiger charge is 2.12. The SMILES string of the molecule is O=C[C@H](c1ccccc1)c1cccc(Cl)c1. The maximum atomic E-state index is 11.2. The van der Waals surface area contributed by atoms with Gasteiger partial charge in [0.25, 0.3) is 0 Å². The molecule has 1 atom stereocenters. The number of carbonyl (C=O) groups excluding carboxylic acids is 1. The molecule has 80 valence electrons. The summed E-state index contributed by atoms with van der Waals surface area (Å²) in [6.07, 6.45) is 0.945. The Morgan fingerprint density at radius 3 is 2.25 bits per heavy atom. The van der Waals surface area contributed by atoms with Crippen LogP contribution in [0.2, 0.25) is 5.02 Å². The van der Waals surface area contributed by atoms with Crippen molar-refractivity contribution in [3.05, 3.63) is 70.7 Å². The van der Waals surface area contributed by atoms with Crippen molar-refractivity contribution in [1.29, 1.82) is 0 Å². The van der Waals surface area contributed by atoms with Crippen LogP contribution < -0.4 is 0 Å². The maximum Gasteiger partial charge on any atom is 0.131 e. The number of halogens is 1. The first-order valence-corrected chi connectivity index (χ1v) is 5.45. The number of hydrogen-bond acceptors (Lipinski definition) is 1. The van der Waals surface area contributed by atoms with Crippen LogP contribution >= 0.6 is 11.6 Å². The van der Waals surface area contributed by atoms with Gasteiger partial charge in [0, 0.05) is 5.02 Å². The number of benzene rings is 2. The van der Waals surface area contributed by atoms with Gasteiger partial charge in [0.2, 0.25) is 0 Å². The molecule has 2 aromatic rings. The lowest BCUT2D eigenvalue weighted by Gasteiger charge is -2.11. The zero-order valence-corrected chi connectivity index (χ0v) is 9.39. The summed E-state index contributed by atoms with van der Waals surface area (Å²) >= 11 is 5.92. The molecule has 0 spiro atoms. The molecule has 2 aromatic carbocycles. The van der Waals surface area contributed by atoms with Gasteiger partial charge in [0.05, 0.1) is 5.92 Å². The number of aldehydes is 1. The fraction of sp³-hybridized carbons (Fsp3) is 0.0714. The molecule has 0 N–H and O–H groups in total. The lowest BCUT2D eigenvalue weighted by molar-refractivity contribution is -0.108. The van der Waals surface area contributed by atoms with Gasteiger partial charge in [0.1, 0.15) is 6.29 Å². The average Bonchev–Trinajstić information content (AvgIpc) is 2.31. The molecular weight excluding hydrogens is 220 g/mol. The predicted molar refractivity (Wildman–Crippen MR) is 65.8 cm³/mol. The molecule has 2 rings (SSSR count). The van der Waals surface area contributed by atoms with Crippen molar-refractivity contribution in [3.63, 3.8) is 0 Å². The van der Waals surface area contributed by atoms with Crippen LogP contribution in [0.4, 0.5) is 0 Å². The second-order valence-electron chi connectivity index (χ2n) is 3.58. The molecule has 0 unspecified atom stereocenters. The summed E-state index contributed by atoms with van der Waals surface area (Å²) in [5.41, 5.74) is 1.91. The van der Waals surface area contributed by atoms with Gasteiger partial charge < -0.3 is 4.79 Å². The van der Waals surface area contributed by atoms with Gasteiger partial charge in [-0.1, -0.05) is 54.1 Å². The summed E-state index contributed by atoms with van der Waals surface area (Å²) in [5.74, 6) is -0.236. The maximum absolute atomic E-state index is 11.2. The third-order valence-corrected chi connectivity index (χ3v) is 2.74. The van der Waals surface area contributed by atoms with Crippen LogP contribution in [0.3, 0.4) is 0 Å². The van der Waals surface area contributed by atoms with Crippen molar-refractivity contribution in [3.8, 4) is 0 Å². The Kier molecular flexibility index (Phi) is 3.37. The molecule has 0 aliphatic carbocycles. The van der Waals surface area contributed by atoms with Gasteiger partial charge in [-0.3, -0.25) is 0 Å². The fourth-order valence-electron chi connectivity index (χ4n) is 1.71. The van der Waals surface area contributed by atoms with Crippen LogP contribution in [0.1, 0.15) is 17.0 Å². The molecule has 0 aliphatic rings. The Morgan fingerprint density at radius 1 is 0.938 bits per heavy atom. The van der Waals surface area contributed by atoms with Gasteiger partial charge in [-0.2, -0.15) is 0 Å². The first-order chi connectivity index (χ1) is 7.81. The number of carbonyl (C=O) groups is 1. The van der Waals surface area contributed by atoms with E-state index in [1.54, 1.807) is 6.07 Å². The molecule has 0 saturated heterocycles. The summed E-state index contributed by atoms with van der Waals surface area (Å²) in [4.78, 5) is 11.2. The van der Waals surface area contributed by atoms with Gasteiger partial charge in [0.15, 0.2) is 0 Å². The molecule has 2 heteroatoms. The van der Waals surface area contributed by atoms with E-state index in [4.69, 9.17) is 11.6 Å². The topological polar surface area (TPSA) is 17.1 Å². The van der Waals surface area contributed by atoms with Crippen molar-refractivity contribution in [1.82, 2.24) is 0 Å². The molecule has 0 radical (unpaired) electrons. The average molecular weight is 231 g/mol. The van der Waals surface area contributed by atoms with E-state index in [2.05, 4.69) is 0 Å². The van der Waals surface area contributed by atoms with Crippen LogP contribution in [0.15, 0.2) is 54.6 Å². The zero-order chi connectivity index (χ0) is 11.4. The Bertz CT molecular complexity index is 479. The van der Waals surface area contributed by atoms with Crippen LogP contribution in [0.5, 0.6) is 0 Å². The Labute approximate surface area is 99.7 Å². The smallest absolute Gasteiger partial charge is 0.131 e. The van der Waals surface area contributed by atoms with E-state index in [0.717, 1.165) is 17.4 Å². The Morgan fingerprint density at radius 2 is 1.62 bits per heavy atom. The second-order valence-corrected chi connectivity index (χ2v) is 4.02. The van der Waals surface area contributed by atoms with Crippen molar-refractivity contribution in [2.24, 2.45) is 0 Å². The largest absolute Gasteiger partial charge is 0.302 e. The standard InChI is InChI=1S/C14H11ClO/c15-13-8-4-7-12(9-13)14(10-16)11-5-2-1-3-6-11/h1-10,14H/t14-/m1/s1. The third-order valence-electron chi connectivity index (χ3n) is 2.50. The van der Waals surface area contributed by atoms with Crippen LogP contribution in [-0.4, -0.2) is 6.29 Å². The van der Waals surface area contributed by atoms with Gasteiger partial charge in [-0.15, -0.1) is 0 Å². The molecule has 0 heterocycles. The monoisotopic (exact) mass is 230 g/mol. The fourth-order valence-corrected chi connectivity index (χ4v) is 1.91. The minimum absolute atomic E-state index is 0.236. The van der Waals surface area contributed by atoms with Gasteiger partial charge in [-0.05, 0) is 23.3 Å². The van der Waals surface area contributed by atoms with E-state index in [1.165, 1.54) is 0 Å². The predicted octanol–water partition coefficient (Wildman–Crippen LogP) is 3.67. The lowest BCUT2D eigenvalue weighted by atomic mass is 9.93. The first-order valence-electron chi connectivity index (χ1n) is 5.07. The van der Waals surface area contributed by atoms with Crippen LogP contribution in [0.25, 0.3) is 0 Å². The highest BCUT2D eigenvalue weighted by Crippen LogP contribution is 2.24. The molecule has 1 nitrogen and oxygen atoms in total. The summed E-state index contributed by atoms with van der Waals surface area (Å²) in [6, 6.07) is 17.1. The van der Waals surface area contributed by atoms with E-state index in [0.29, 0.717) is 5.02 Å². The van der Waals surface area contributed by atoms with Crippen molar-refractivity contribution >= 4 is 17.9 Å². The lowest BCUT2D eigenvalue weighted by Crippen LogP contribution is -2.01. The Hall–Kier alpha value is -1.60. The molecule has 0 saturated carbocycles. The summed E-state index contributed by atoms with van der Waals surface area (Å²) in [6.45, 7) is 0. The van der Waals surface area contributed by atoms with Crippen LogP contribution in [-0.2, 0) is 4.79 Å². The van der Waals surface area contributed by atoms with Gasteiger partial charge >= 0.3 is 0 Å². The Balaban J connectivity index is 2.41. The third kappa shape index (κ3) is 2.31. The molecular formula is C14H11ClO. The second kappa shape index (κ2) is 4.95. The number of hydrogen-bond donors (Lipinski definition) is 0. The molecule has 0 aliphatic heterocycles. The first kappa shape index (κ1) is 10.9. The minimum Gasteiger partial charge on any atom is -0.302 e. The summed E-state index contributed by atoms with van der Waals surface area (Å²) in [7, 11) is 0. The highest BCUT2D eigenvalue weighted by atomic mass is 35.5. The molecule has 0 bridgehead atoms. The molecule has 16 heavy (non-hydrogen) atoms. The van der Waals surface area contributed by atoms with E-state index in [9.17, 15) is 4.79 Å². The van der Waals surface area contributed by atoms with Crippen molar-refractivity contribution in [2.45, 2.75) is 5.92 Å². The summed E-state index contributed by atoms with van der Waals surface area (Å²) in [5, 5.41) is 0.653. The van der Waals surface area contributed by atoms with E-state index in [1.807, 2.05) is 48.5 Å². The number of rotatable bonds is 3. The van der Waals surface area contributed by atoms with E-state index >= 15 is 0 Å². The summed E-state index contributed by atoms with van der Waals surface area (Å²) < 4.78 is 0. The highest BCUT2D eigenvalue weighted by molar-refractivity contribution is 6.30. The minimum atomic E-state index is -0.236. The molecule has 0 fully saturated rings. The normalized spacial score (nSPS) is 12.1. The van der Waals surface area contributed by atoms with Crippen molar-refractivity contribution < 1.29 is 4.79 Å². The zero-order valence-electron chi connectivity index (χ0n) is 8.64. The van der Waals surface area contributed by atoms with Crippen LogP contribution in [0, 0.1) is 0 Å². The quantitative estimate of drug-likeness (QED) is 0.736. The van der Waals surface area contributed by atoms with E-state index in [-0.39, 0.29) is 5.92 Å². The van der Waals surface area contributed by atoms with Crippen molar-refractivity contribution in [2.75, 3.05) is 0 Å².